The van der Waals surface area contributed by atoms with Gasteiger partial charge >= 0.3 is 12.0 Å². The van der Waals surface area contributed by atoms with Crippen molar-refractivity contribution < 1.29 is 19.4 Å². The molecule has 2 N–H and O–H groups in total. The van der Waals surface area contributed by atoms with Gasteiger partial charge in [0.05, 0.1) is 12.6 Å². The Morgan fingerprint density at radius 2 is 2.28 bits per heavy atom. The zero-order chi connectivity index (χ0) is 13.5. The highest BCUT2D eigenvalue weighted by Crippen LogP contribution is 2.17. The van der Waals surface area contributed by atoms with Crippen molar-refractivity contribution in [2.24, 2.45) is 0 Å². The molecule has 104 valence electrons. The average molecular weight is 258 g/mol. The molecule has 1 fully saturated rings. The van der Waals surface area contributed by atoms with Crippen molar-refractivity contribution in [2.75, 3.05) is 20.3 Å². The Kier molecular flexibility index (Phi) is 5.91. The fourth-order valence-electron chi connectivity index (χ4n) is 2.27. The number of methoxy groups -OCH3 is 1. The second kappa shape index (κ2) is 7.20. The zero-order valence-electron chi connectivity index (χ0n) is 11.0. The molecule has 6 nitrogen and oxygen atoms in total. The summed E-state index contributed by atoms with van der Waals surface area (Å²) in [5.74, 6) is -0.929. The standard InChI is InChI=1S/C12H22N2O4/c1-3-5-9(8-18-2)13-12(17)14-7-4-6-10(14)11(15)16/h9-10H,3-8H2,1-2H3,(H,13,17)(H,15,16). The molecule has 2 atom stereocenters. The third kappa shape index (κ3) is 3.87. The fraction of sp³-hybridized carbons (Fsp3) is 0.833. The van der Waals surface area contributed by atoms with Gasteiger partial charge in [0, 0.05) is 13.7 Å². The number of nitrogens with zero attached hydrogens (tertiary/aromatic N) is 1. The number of carbonyl (C=O) groups excluding carboxylic acids is 1. The van der Waals surface area contributed by atoms with E-state index < -0.39 is 12.0 Å². The number of nitrogens with one attached hydrogen (secondary N) is 1. The molecular formula is C12H22N2O4. The smallest absolute Gasteiger partial charge is 0.326 e. The Morgan fingerprint density at radius 3 is 2.83 bits per heavy atom. The van der Waals surface area contributed by atoms with E-state index in [1.54, 1.807) is 7.11 Å². The van der Waals surface area contributed by atoms with Crippen LogP contribution < -0.4 is 5.32 Å². The number of aliphatic carboxylic acids is 1. The summed E-state index contributed by atoms with van der Waals surface area (Å²) in [6.45, 7) is 2.99. The molecule has 6 heteroatoms. The second-order valence-corrected chi connectivity index (χ2v) is 4.58. The van der Waals surface area contributed by atoms with Crippen LogP contribution in [0, 0.1) is 0 Å². The quantitative estimate of drug-likeness (QED) is 0.746. The predicted molar refractivity (Wildman–Crippen MR) is 66.5 cm³/mol. The third-order valence-corrected chi connectivity index (χ3v) is 3.13. The maximum absolute atomic E-state index is 12.0. The summed E-state index contributed by atoms with van der Waals surface area (Å²) in [5, 5.41) is 11.9. The van der Waals surface area contributed by atoms with E-state index in [4.69, 9.17) is 9.84 Å². The summed E-state index contributed by atoms with van der Waals surface area (Å²) < 4.78 is 5.04. The van der Waals surface area contributed by atoms with Crippen LogP contribution in [0.4, 0.5) is 4.79 Å². The molecule has 0 radical (unpaired) electrons. The molecule has 0 aliphatic carbocycles. The van der Waals surface area contributed by atoms with Gasteiger partial charge in [0.2, 0.25) is 0 Å². The molecule has 18 heavy (non-hydrogen) atoms. The lowest BCUT2D eigenvalue weighted by atomic mass is 10.2. The van der Waals surface area contributed by atoms with Crippen molar-refractivity contribution in [1.29, 1.82) is 0 Å². The Hall–Kier alpha value is -1.30. The molecule has 1 aliphatic heterocycles. The predicted octanol–water partition coefficient (Wildman–Crippen LogP) is 1.06. The first-order valence-electron chi connectivity index (χ1n) is 6.39. The van der Waals surface area contributed by atoms with Gasteiger partial charge in [0.15, 0.2) is 0 Å². The van der Waals surface area contributed by atoms with Crippen molar-refractivity contribution in [3.05, 3.63) is 0 Å². The number of amides is 2. The van der Waals surface area contributed by atoms with Crippen LogP contribution in [-0.2, 0) is 9.53 Å². The summed E-state index contributed by atoms with van der Waals surface area (Å²) in [6.07, 6.45) is 3.04. The Labute approximate surface area is 107 Å². The number of hydrogen-bond donors (Lipinski definition) is 2. The Balaban J connectivity index is 2.54. The lowest BCUT2D eigenvalue weighted by molar-refractivity contribution is -0.141. The van der Waals surface area contributed by atoms with Crippen molar-refractivity contribution in [3.8, 4) is 0 Å². The highest BCUT2D eigenvalue weighted by atomic mass is 16.5. The molecule has 0 bridgehead atoms. The topological polar surface area (TPSA) is 78.9 Å². The van der Waals surface area contributed by atoms with Crippen LogP contribution in [0.15, 0.2) is 0 Å². The van der Waals surface area contributed by atoms with E-state index in [9.17, 15) is 9.59 Å². The molecule has 0 spiro atoms. The normalized spacial score (nSPS) is 20.8. The summed E-state index contributed by atoms with van der Waals surface area (Å²) >= 11 is 0. The van der Waals surface area contributed by atoms with Crippen molar-refractivity contribution in [3.63, 3.8) is 0 Å². The molecule has 2 unspecified atom stereocenters. The van der Waals surface area contributed by atoms with E-state index in [-0.39, 0.29) is 12.1 Å². The number of urea groups is 1. The number of likely N-dealkylation sites (tertiary alicyclic amines) is 1. The van der Waals surface area contributed by atoms with Crippen LogP contribution in [0.5, 0.6) is 0 Å². The van der Waals surface area contributed by atoms with Gasteiger partial charge < -0.3 is 20.1 Å². The lowest BCUT2D eigenvalue weighted by Gasteiger charge is -2.25. The van der Waals surface area contributed by atoms with Gasteiger partial charge in [0.25, 0.3) is 0 Å². The minimum atomic E-state index is -0.929. The minimum absolute atomic E-state index is 0.0532. The minimum Gasteiger partial charge on any atom is -0.480 e. The maximum Gasteiger partial charge on any atom is 0.326 e. The van der Waals surface area contributed by atoms with Crippen LogP contribution in [0.1, 0.15) is 32.6 Å². The van der Waals surface area contributed by atoms with Crippen LogP contribution in [0.3, 0.4) is 0 Å². The molecule has 1 aliphatic rings. The van der Waals surface area contributed by atoms with Gasteiger partial charge in [-0.25, -0.2) is 9.59 Å². The molecule has 0 aromatic heterocycles. The average Bonchev–Trinajstić information content (AvgIpc) is 2.78. The molecule has 0 saturated carbocycles. The molecule has 1 rings (SSSR count). The second-order valence-electron chi connectivity index (χ2n) is 4.58. The largest absolute Gasteiger partial charge is 0.480 e. The SMILES string of the molecule is CCCC(COC)NC(=O)N1CCCC1C(=O)O. The van der Waals surface area contributed by atoms with Crippen LogP contribution in [0.25, 0.3) is 0 Å². The lowest BCUT2D eigenvalue weighted by Crippen LogP contribution is -2.50. The van der Waals surface area contributed by atoms with E-state index in [1.807, 2.05) is 6.92 Å². The van der Waals surface area contributed by atoms with Gasteiger partial charge in [-0.1, -0.05) is 13.3 Å². The first-order valence-corrected chi connectivity index (χ1v) is 6.39. The number of carbonyl (C=O) groups is 2. The first-order chi connectivity index (χ1) is 8.60. The molecule has 2 amide bonds. The van der Waals surface area contributed by atoms with Crippen LogP contribution in [-0.4, -0.2) is 54.4 Å². The van der Waals surface area contributed by atoms with Crippen molar-refractivity contribution in [2.45, 2.75) is 44.7 Å². The summed E-state index contributed by atoms with van der Waals surface area (Å²) in [6, 6.07) is -1.03. The van der Waals surface area contributed by atoms with Crippen molar-refractivity contribution in [1.82, 2.24) is 10.2 Å². The van der Waals surface area contributed by atoms with Crippen LogP contribution >= 0.6 is 0 Å². The van der Waals surface area contributed by atoms with Gasteiger partial charge in [-0.05, 0) is 19.3 Å². The molecule has 1 saturated heterocycles. The number of hydrogen-bond acceptors (Lipinski definition) is 3. The molecular weight excluding hydrogens is 236 g/mol. The van der Waals surface area contributed by atoms with Gasteiger partial charge in [-0.2, -0.15) is 0 Å². The molecule has 1 heterocycles. The first kappa shape index (κ1) is 14.8. The highest BCUT2D eigenvalue weighted by molar-refractivity contribution is 5.83. The highest BCUT2D eigenvalue weighted by Gasteiger charge is 2.34. The number of rotatable bonds is 6. The van der Waals surface area contributed by atoms with E-state index in [0.29, 0.717) is 19.6 Å². The fourth-order valence-corrected chi connectivity index (χ4v) is 2.27. The van der Waals surface area contributed by atoms with Gasteiger partial charge in [-0.15, -0.1) is 0 Å². The monoisotopic (exact) mass is 258 g/mol. The van der Waals surface area contributed by atoms with E-state index in [1.165, 1.54) is 4.90 Å². The molecule has 0 aromatic carbocycles. The van der Waals surface area contributed by atoms with Crippen molar-refractivity contribution >= 4 is 12.0 Å². The number of carboxylic acid groups (broad SMARTS) is 1. The van der Waals surface area contributed by atoms with E-state index in [0.717, 1.165) is 19.3 Å². The van der Waals surface area contributed by atoms with E-state index >= 15 is 0 Å². The number of carboxylic acids is 1. The Morgan fingerprint density at radius 1 is 1.56 bits per heavy atom. The zero-order valence-corrected chi connectivity index (χ0v) is 11.0. The maximum atomic E-state index is 12.0. The summed E-state index contributed by atoms with van der Waals surface area (Å²) in [5.41, 5.74) is 0. The Bertz CT molecular complexity index is 290. The third-order valence-electron chi connectivity index (χ3n) is 3.13. The van der Waals surface area contributed by atoms with E-state index in [2.05, 4.69) is 5.32 Å². The molecule has 0 aromatic rings. The summed E-state index contributed by atoms with van der Waals surface area (Å²) in [4.78, 5) is 24.4. The van der Waals surface area contributed by atoms with Gasteiger partial charge in [-0.3, -0.25) is 0 Å². The summed E-state index contributed by atoms with van der Waals surface area (Å²) in [7, 11) is 1.59. The van der Waals surface area contributed by atoms with Gasteiger partial charge in [0.1, 0.15) is 6.04 Å². The number of ether oxygens (including phenoxy) is 1. The van der Waals surface area contributed by atoms with Crippen LogP contribution in [0.2, 0.25) is 0 Å².